The van der Waals surface area contributed by atoms with Gasteiger partial charge in [0.05, 0.1) is 43.0 Å². The van der Waals surface area contributed by atoms with Crippen molar-refractivity contribution in [2.24, 2.45) is 7.05 Å². The predicted molar refractivity (Wildman–Crippen MR) is 159 cm³/mol. The standard InChI is InChI=1S/C28H32N10O6/c1-36-20(16-32-27(36)38(40)41)17-43-28(39)34-19-13-22-23(31-15-19)14-24(37-9-11-42-12-10-37)35-25(22)44-21-5-3-18(4-6-21)33-26-29-7-2-8-30-26/h2,7-8,13-16,18,21H,3-6,9-12,17H2,1H3,(H,34,39)(H,29,30,33)/t18-,21+. The highest BCUT2D eigenvalue weighted by molar-refractivity contribution is 5.92. The fraction of sp³-hybridized carbons (Fsp3) is 0.429. The number of aromatic nitrogens is 6. The lowest BCUT2D eigenvalue weighted by Gasteiger charge is -2.31. The second kappa shape index (κ2) is 13.0. The van der Waals surface area contributed by atoms with Crippen molar-refractivity contribution < 1.29 is 23.9 Å². The van der Waals surface area contributed by atoms with Crippen molar-refractivity contribution in [2.75, 3.05) is 41.8 Å². The Bertz CT molecular complexity index is 1620. The summed E-state index contributed by atoms with van der Waals surface area (Å²) in [5.41, 5.74) is 1.44. The van der Waals surface area contributed by atoms with E-state index in [0.717, 1.165) is 31.5 Å². The summed E-state index contributed by atoms with van der Waals surface area (Å²) in [6.07, 6.45) is 8.88. The van der Waals surface area contributed by atoms with Gasteiger partial charge in [-0.15, -0.1) is 0 Å². The molecule has 1 aliphatic heterocycles. The van der Waals surface area contributed by atoms with Crippen molar-refractivity contribution in [3.63, 3.8) is 0 Å². The number of pyridine rings is 2. The molecular formula is C28H32N10O6. The molecule has 0 aromatic carbocycles. The van der Waals surface area contributed by atoms with Crippen LogP contribution in [0.1, 0.15) is 31.4 Å². The van der Waals surface area contributed by atoms with Gasteiger partial charge in [0, 0.05) is 37.6 Å². The first kappa shape index (κ1) is 29.0. The van der Waals surface area contributed by atoms with Gasteiger partial charge in [-0.05, 0) is 42.7 Å². The van der Waals surface area contributed by atoms with Gasteiger partial charge >= 0.3 is 12.0 Å². The van der Waals surface area contributed by atoms with Crippen LogP contribution in [0.2, 0.25) is 0 Å². The van der Waals surface area contributed by atoms with Crippen molar-refractivity contribution in [2.45, 2.75) is 44.4 Å². The average molecular weight is 605 g/mol. The van der Waals surface area contributed by atoms with Gasteiger partial charge in [0.25, 0.3) is 0 Å². The van der Waals surface area contributed by atoms with Crippen molar-refractivity contribution in [1.29, 1.82) is 0 Å². The Morgan fingerprint density at radius 1 is 1.09 bits per heavy atom. The Balaban J connectivity index is 1.16. The van der Waals surface area contributed by atoms with E-state index >= 15 is 0 Å². The maximum Gasteiger partial charge on any atom is 0.434 e. The minimum atomic E-state index is -0.747. The molecule has 4 aromatic rings. The fourth-order valence-corrected chi connectivity index (χ4v) is 5.26. The summed E-state index contributed by atoms with van der Waals surface area (Å²) in [7, 11) is 1.48. The molecule has 1 saturated heterocycles. The quantitative estimate of drug-likeness (QED) is 0.209. The smallest absolute Gasteiger partial charge is 0.434 e. The van der Waals surface area contributed by atoms with Crippen LogP contribution in [0.3, 0.4) is 0 Å². The monoisotopic (exact) mass is 604 g/mol. The number of anilines is 3. The Labute approximate surface area is 251 Å². The van der Waals surface area contributed by atoms with Crippen LogP contribution in [-0.2, 0) is 23.1 Å². The number of carbonyl (C=O) groups excluding carboxylic acids is 1. The number of fused-ring (bicyclic) bond motifs is 1. The third-order valence-electron chi connectivity index (χ3n) is 7.64. The number of amides is 1. The van der Waals surface area contributed by atoms with Gasteiger partial charge in [-0.25, -0.2) is 19.3 Å². The number of nitrogens with zero attached hydrogens (tertiary/aromatic N) is 8. The summed E-state index contributed by atoms with van der Waals surface area (Å²) in [6, 6.07) is 5.70. The van der Waals surface area contributed by atoms with E-state index in [2.05, 4.69) is 35.5 Å². The summed E-state index contributed by atoms with van der Waals surface area (Å²) in [4.78, 5) is 46.9. The lowest BCUT2D eigenvalue weighted by atomic mass is 9.93. The number of rotatable bonds is 9. The molecule has 16 nitrogen and oxygen atoms in total. The van der Waals surface area contributed by atoms with Crippen LogP contribution in [0.4, 0.5) is 28.2 Å². The molecule has 2 N–H and O–H groups in total. The van der Waals surface area contributed by atoms with Crippen molar-refractivity contribution in [3.05, 3.63) is 58.8 Å². The van der Waals surface area contributed by atoms with Crippen molar-refractivity contribution in [1.82, 2.24) is 29.5 Å². The lowest BCUT2D eigenvalue weighted by Crippen LogP contribution is -2.37. The first-order chi connectivity index (χ1) is 21.4. The second-order valence-electron chi connectivity index (χ2n) is 10.6. The number of nitrogens with one attached hydrogen (secondary N) is 2. The molecule has 4 aromatic heterocycles. The maximum absolute atomic E-state index is 12.6. The number of imidazole rings is 1. The molecule has 44 heavy (non-hydrogen) atoms. The molecule has 0 bridgehead atoms. The van der Waals surface area contributed by atoms with E-state index in [4.69, 9.17) is 19.2 Å². The third-order valence-corrected chi connectivity index (χ3v) is 7.64. The number of hydrogen-bond acceptors (Lipinski definition) is 13. The lowest BCUT2D eigenvalue weighted by molar-refractivity contribution is -0.396. The van der Waals surface area contributed by atoms with Crippen LogP contribution >= 0.6 is 0 Å². The number of ether oxygens (including phenoxy) is 3. The molecule has 230 valence electrons. The normalized spacial score (nSPS) is 18.5. The summed E-state index contributed by atoms with van der Waals surface area (Å²) < 4.78 is 18.6. The second-order valence-corrected chi connectivity index (χ2v) is 10.6. The summed E-state index contributed by atoms with van der Waals surface area (Å²) in [6.45, 7) is 2.45. The van der Waals surface area contributed by atoms with E-state index in [9.17, 15) is 14.9 Å². The zero-order chi connectivity index (χ0) is 30.5. The predicted octanol–water partition coefficient (Wildman–Crippen LogP) is 3.45. The summed E-state index contributed by atoms with van der Waals surface area (Å²) in [5.74, 6) is 1.48. The molecule has 1 saturated carbocycles. The van der Waals surface area contributed by atoms with E-state index in [1.54, 1.807) is 24.5 Å². The van der Waals surface area contributed by atoms with Gasteiger partial charge in [-0.2, -0.15) is 4.98 Å². The number of morpholine rings is 1. The Morgan fingerprint density at radius 2 is 1.86 bits per heavy atom. The minimum absolute atomic E-state index is 0.0510. The first-order valence-corrected chi connectivity index (χ1v) is 14.4. The van der Waals surface area contributed by atoms with Crippen LogP contribution in [0, 0.1) is 10.1 Å². The first-order valence-electron chi connectivity index (χ1n) is 14.4. The van der Waals surface area contributed by atoms with E-state index in [1.807, 2.05) is 6.07 Å². The van der Waals surface area contributed by atoms with E-state index in [-0.39, 0.29) is 24.7 Å². The molecule has 0 radical (unpaired) electrons. The van der Waals surface area contributed by atoms with Crippen LogP contribution in [-0.4, -0.2) is 79.0 Å². The van der Waals surface area contributed by atoms with Crippen LogP contribution in [0.25, 0.3) is 10.9 Å². The van der Waals surface area contributed by atoms with Gasteiger partial charge in [0.2, 0.25) is 11.8 Å². The third kappa shape index (κ3) is 6.75. The minimum Gasteiger partial charge on any atom is -0.474 e. The fourth-order valence-electron chi connectivity index (χ4n) is 5.26. The molecule has 5 heterocycles. The van der Waals surface area contributed by atoms with Gasteiger partial charge in [-0.1, -0.05) is 4.98 Å². The molecule has 16 heteroatoms. The molecule has 1 aliphatic carbocycles. The van der Waals surface area contributed by atoms with E-state index in [0.29, 0.717) is 60.4 Å². The molecular weight excluding hydrogens is 572 g/mol. The van der Waals surface area contributed by atoms with Crippen LogP contribution in [0.15, 0.2) is 43.0 Å². The highest BCUT2D eigenvalue weighted by Gasteiger charge is 2.25. The highest BCUT2D eigenvalue weighted by atomic mass is 16.6. The van der Waals surface area contributed by atoms with Gasteiger partial charge < -0.3 is 34.5 Å². The highest BCUT2D eigenvalue weighted by Crippen LogP contribution is 2.33. The van der Waals surface area contributed by atoms with Gasteiger partial charge in [-0.3, -0.25) is 10.3 Å². The Morgan fingerprint density at radius 3 is 2.59 bits per heavy atom. The Hall–Kier alpha value is -5.12. The summed E-state index contributed by atoms with van der Waals surface area (Å²) in [5, 5.41) is 17.8. The van der Waals surface area contributed by atoms with E-state index < -0.39 is 11.0 Å². The molecule has 2 fully saturated rings. The number of nitro groups is 1. The zero-order valence-electron chi connectivity index (χ0n) is 24.1. The molecule has 6 rings (SSSR count). The van der Waals surface area contributed by atoms with Crippen molar-refractivity contribution in [3.8, 4) is 5.88 Å². The Kier molecular flexibility index (Phi) is 8.58. The molecule has 2 aliphatic rings. The molecule has 0 unspecified atom stereocenters. The van der Waals surface area contributed by atoms with Gasteiger partial charge in [0.15, 0.2) is 12.3 Å². The summed E-state index contributed by atoms with van der Waals surface area (Å²) >= 11 is 0. The number of hydrogen-bond donors (Lipinski definition) is 2. The van der Waals surface area contributed by atoms with Crippen LogP contribution < -0.4 is 20.3 Å². The van der Waals surface area contributed by atoms with Crippen LogP contribution in [0.5, 0.6) is 5.88 Å². The zero-order valence-corrected chi connectivity index (χ0v) is 24.1. The topological polar surface area (TPSA) is 185 Å². The largest absolute Gasteiger partial charge is 0.474 e. The molecule has 0 atom stereocenters. The molecule has 0 spiro atoms. The molecule has 1 amide bonds. The SMILES string of the molecule is Cn1c(COC(=O)Nc2cnc3cc(N4CCOCC4)nc(O[C@H]4CC[C@@H](Nc5ncccn5)CC4)c3c2)cnc1[N+](=O)[O-]. The van der Waals surface area contributed by atoms with Gasteiger partial charge in [0.1, 0.15) is 18.1 Å². The maximum atomic E-state index is 12.6. The van der Waals surface area contributed by atoms with E-state index in [1.165, 1.54) is 24.0 Å². The average Bonchev–Trinajstić information content (AvgIpc) is 3.42. The van der Waals surface area contributed by atoms with Crippen molar-refractivity contribution >= 4 is 40.4 Å². The number of carbonyl (C=O) groups is 1.